The molecule has 3 unspecified atom stereocenters. The standard InChI is InChI=1S/C13H26N2/c1-10-7-12(8-11(2)15(10)3)9-13-5-4-6-14-13/h10-14H,4-9H2,1-3H3. The van der Waals surface area contributed by atoms with Crippen molar-refractivity contribution in [1.82, 2.24) is 10.2 Å². The van der Waals surface area contributed by atoms with Crippen LogP contribution in [0.15, 0.2) is 0 Å². The van der Waals surface area contributed by atoms with Crippen LogP contribution in [0.4, 0.5) is 0 Å². The molecule has 88 valence electrons. The average molecular weight is 210 g/mol. The second-order valence-electron chi connectivity index (χ2n) is 5.73. The van der Waals surface area contributed by atoms with E-state index in [0.717, 1.165) is 24.0 Å². The molecule has 15 heavy (non-hydrogen) atoms. The summed E-state index contributed by atoms with van der Waals surface area (Å²) in [5.74, 6) is 0.960. The predicted molar refractivity (Wildman–Crippen MR) is 65.1 cm³/mol. The molecule has 0 amide bonds. The van der Waals surface area contributed by atoms with Crippen molar-refractivity contribution in [2.45, 2.75) is 64.1 Å². The fourth-order valence-corrected chi connectivity index (χ4v) is 3.38. The molecule has 2 heterocycles. The molecule has 3 atom stereocenters. The van der Waals surface area contributed by atoms with Gasteiger partial charge in [-0.1, -0.05) is 0 Å². The summed E-state index contributed by atoms with van der Waals surface area (Å²) in [6.07, 6.45) is 7.03. The highest BCUT2D eigenvalue weighted by molar-refractivity contribution is 4.86. The van der Waals surface area contributed by atoms with Gasteiger partial charge in [-0.05, 0) is 65.5 Å². The lowest BCUT2D eigenvalue weighted by molar-refractivity contribution is 0.0905. The van der Waals surface area contributed by atoms with Crippen LogP contribution >= 0.6 is 0 Å². The summed E-state index contributed by atoms with van der Waals surface area (Å²) >= 11 is 0. The van der Waals surface area contributed by atoms with Crippen molar-refractivity contribution in [2.75, 3.05) is 13.6 Å². The monoisotopic (exact) mass is 210 g/mol. The number of rotatable bonds is 2. The lowest BCUT2D eigenvalue weighted by Crippen LogP contribution is -2.44. The molecule has 2 rings (SSSR count). The lowest BCUT2D eigenvalue weighted by atomic mass is 9.83. The van der Waals surface area contributed by atoms with E-state index in [-0.39, 0.29) is 0 Å². The molecule has 2 fully saturated rings. The Morgan fingerprint density at radius 2 is 1.87 bits per heavy atom. The van der Waals surface area contributed by atoms with Gasteiger partial charge < -0.3 is 10.2 Å². The molecule has 0 bridgehead atoms. The van der Waals surface area contributed by atoms with Crippen LogP contribution in [0.5, 0.6) is 0 Å². The topological polar surface area (TPSA) is 15.3 Å². The highest BCUT2D eigenvalue weighted by Gasteiger charge is 2.30. The van der Waals surface area contributed by atoms with E-state index in [4.69, 9.17) is 0 Å². The molecule has 2 aliphatic heterocycles. The lowest BCUT2D eigenvalue weighted by Gasteiger charge is -2.41. The Bertz CT molecular complexity index is 187. The molecule has 0 saturated carbocycles. The van der Waals surface area contributed by atoms with Gasteiger partial charge in [0.25, 0.3) is 0 Å². The van der Waals surface area contributed by atoms with Crippen LogP contribution < -0.4 is 5.32 Å². The average Bonchev–Trinajstić information content (AvgIpc) is 2.66. The van der Waals surface area contributed by atoms with E-state index in [1.54, 1.807) is 0 Å². The Morgan fingerprint density at radius 1 is 1.20 bits per heavy atom. The quantitative estimate of drug-likeness (QED) is 0.752. The van der Waals surface area contributed by atoms with E-state index < -0.39 is 0 Å². The van der Waals surface area contributed by atoms with Crippen LogP contribution in [0.2, 0.25) is 0 Å². The first-order valence-corrected chi connectivity index (χ1v) is 6.62. The molecule has 0 spiro atoms. The van der Waals surface area contributed by atoms with Crippen molar-refractivity contribution in [3.05, 3.63) is 0 Å². The number of nitrogens with one attached hydrogen (secondary N) is 1. The van der Waals surface area contributed by atoms with Gasteiger partial charge in [0.05, 0.1) is 0 Å². The van der Waals surface area contributed by atoms with Crippen LogP contribution in [0, 0.1) is 5.92 Å². The van der Waals surface area contributed by atoms with Gasteiger partial charge in [-0.25, -0.2) is 0 Å². The van der Waals surface area contributed by atoms with Crippen molar-refractivity contribution in [3.63, 3.8) is 0 Å². The molecule has 1 N–H and O–H groups in total. The molecule has 2 heteroatoms. The highest BCUT2D eigenvalue weighted by Crippen LogP contribution is 2.30. The van der Waals surface area contributed by atoms with Gasteiger partial charge in [0.15, 0.2) is 0 Å². The molecule has 2 aliphatic rings. The molecule has 0 aromatic rings. The van der Waals surface area contributed by atoms with Crippen molar-refractivity contribution in [2.24, 2.45) is 5.92 Å². The van der Waals surface area contributed by atoms with Crippen LogP contribution in [0.3, 0.4) is 0 Å². The van der Waals surface area contributed by atoms with E-state index in [0.29, 0.717) is 0 Å². The Kier molecular flexibility index (Phi) is 3.68. The van der Waals surface area contributed by atoms with Crippen molar-refractivity contribution >= 4 is 0 Å². The maximum absolute atomic E-state index is 3.63. The minimum absolute atomic E-state index is 0.778. The number of nitrogens with zero attached hydrogens (tertiary/aromatic N) is 1. The Balaban J connectivity index is 1.82. The first kappa shape index (κ1) is 11.4. The highest BCUT2D eigenvalue weighted by atomic mass is 15.2. The summed E-state index contributed by atoms with van der Waals surface area (Å²) < 4.78 is 0. The van der Waals surface area contributed by atoms with Crippen LogP contribution in [0.1, 0.15) is 46.0 Å². The third-order valence-corrected chi connectivity index (χ3v) is 4.52. The van der Waals surface area contributed by atoms with Crippen molar-refractivity contribution in [1.29, 1.82) is 0 Å². The molecule has 0 aromatic heterocycles. The fourth-order valence-electron chi connectivity index (χ4n) is 3.38. The van der Waals surface area contributed by atoms with Gasteiger partial charge in [0.1, 0.15) is 0 Å². The Morgan fingerprint density at radius 3 is 2.40 bits per heavy atom. The zero-order valence-corrected chi connectivity index (χ0v) is 10.5. The first-order valence-electron chi connectivity index (χ1n) is 6.62. The summed E-state index contributed by atoms with van der Waals surface area (Å²) in [5, 5.41) is 3.63. The SMILES string of the molecule is CC1CC(CC2CCCN2)CC(C)N1C. The smallest absolute Gasteiger partial charge is 0.00701 e. The van der Waals surface area contributed by atoms with Crippen LogP contribution in [-0.2, 0) is 0 Å². The minimum atomic E-state index is 0.778. The molecular weight excluding hydrogens is 184 g/mol. The maximum atomic E-state index is 3.63. The summed E-state index contributed by atoms with van der Waals surface area (Å²) in [6, 6.07) is 2.39. The van der Waals surface area contributed by atoms with Gasteiger partial charge in [0.2, 0.25) is 0 Å². The molecule has 0 aromatic carbocycles. The summed E-state index contributed by atoms with van der Waals surface area (Å²) in [4.78, 5) is 2.54. The number of piperidine rings is 1. The second-order valence-corrected chi connectivity index (χ2v) is 5.73. The molecule has 0 aliphatic carbocycles. The van der Waals surface area contributed by atoms with Crippen LogP contribution in [0.25, 0.3) is 0 Å². The van der Waals surface area contributed by atoms with Crippen LogP contribution in [-0.4, -0.2) is 36.6 Å². The largest absolute Gasteiger partial charge is 0.314 e. The zero-order valence-electron chi connectivity index (χ0n) is 10.5. The number of hydrogen-bond acceptors (Lipinski definition) is 2. The number of likely N-dealkylation sites (tertiary alicyclic amines) is 1. The minimum Gasteiger partial charge on any atom is -0.314 e. The van der Waals surface area contributed by atoms with Gasteiger partial charge in [-0.3, -0.25) is 0 Å². The molecule has 2 nitrogen and oxygen atoms in total. The fraction of sp³-hybridized carbons (Fsp3) is 1.00. The first-order chi connectivity index (χ1) is 7.16. The van der Waals surface area contributed by atoms with E-state index in [1.807, 2.05) is 0 Å². The van der Waals surface area contributed by atoms with Crippen molar-refractivity contribution in [3.8, 4) is 0 Å². The normalized spacial score (nSPS) is 43.4. The Hall–Kier alpha value is -0.0800. The number of hydrogen-bond donors (Lipinski definition) is 1. The molecule has 0 radical (unpaired) electrons. The van der Waals surface area contributed by atoms with Crippen molar-refractivity contribution < 1.29 is 0 Å². The molecule has 2 saturated heterocycles. The maximum Gasteiger partial charge on any atom is 0.00701 e. The van der Waals surface area contributed by atoms with E-state index in [9.17, 15) is 0 Å². The van der Waals surface area contributed by atoms with Gasteiger partial charge in [-0.15, -0.1) is 0 Å². The third-order valence-electron chi connectivity index (χ3n) is 4.52. The summed E-state index contributed by atoms with van der Waals surface area (Å²) in [6.45, 7) is 6.01. The molecular formula is C13H26N2. The van der Waals surface area contributed by atoms with E-state index in [2.05, 4.69) is 31.1 Å². The summed E-state index contributed by atoms with van der Waals surface area (Å²) in [7, 11) is 2.28. The van der Waals surface area contributed by atoms with Gasteiger partial charge in [0, 0.05) is 18.1 Å². The zero-order chi connectivity index (χ0) is 10.8. The third kappa shape index (κ3) is 2.73. The second kappa shape index (κ2) is 4.84. The Labute approximate surface area is 94.4 Å². The predicted octanol–water partition coefficient (Wildman–Crippen LogP) is 2.25. The summed E-state index contributed by atoms with van der Waals surface area (Å²) in [5.41, 5.74) is 0. The van der Waals surface area contributed by atoms with E-state index >= 15 is 0 Å². The van der Waals surface area contributed by atoms with Gasteiger partial charge >= 0.3 is 0 Å². The van der Waals surface area contributed by atoms with Gasteiger partial charge in [-0.2, -0.15) is 0 Å². The van der Waals surface area contributed by atoms with E-state index in [1.165, 1.54) is 38.6 Å².